The lowest BCUT2D eigenvalue weighted by Gasteiger charge is -2.41. The van der Waals surface area contributed by atoms with Crippen LogP contribution >= 0.6 is 22.6 Å². The fraction of sp³-hybridized carbons (Fsp3) is 0.394. The number of halogens is 1. The smallest absolute Gasteiger partial charge is 0.349 e. The molecule has 1 saturated heterocycles. The Hall–Kier alpha value is -3.83. The summed E-state index contributed by atoms with van der Waals surface area (Å²) >= 11 is 1.99. The second kappa shape index (κ2) is 15.8. The number of fused-ring (bicyclic) bond motifs is 1. The number of para-hydroxylation sites is 1. The average molecular weight is 762 g/mol. The number of ether oxygens (including phenoxy) is 3. The summed E-state index contributed by atoms with van der Waals surface area (Å²) < 4.78 is 23.2. The second-order valence-corrected chi connectivity index (χ2v) is 12.3. The van der Waals surface area contributed by atoms with Gasteiger partial charge in [-0.25, -0.2) is 4.79 Å². The maximum atomic E-state index is 14.3. The number of carbonyl (C=O) groups is 3. The van der Waals surface area contributed by atoms with Gasteiger partial charge in [0.2, 0.25) is 5.91 Å². The highest BCUT2D eigenvalue weighted by Gasteiger charge is 2.42. The molecule has 3 unspecified atom stereocenters. The van der Waals surface area contributed by atoms with E-state index in [-0.39, 0.29) is 48.8 Å². The molecule has 1 aliphatic carbocycles. The molecule has 1 aromatic heterocycles. The number of carbonyl (C=O) groups excluding carboxylic acids is 3. The fourth-order valence-corrected chi connectivity index (χ4v) is 6.45. The van der Waals surface area contributed by atoms with Crippen molar-refractivity contribution < 1.29 is 43.2 Å². The number of nitrogens with zero attached hydrogens (tertiary/aromatic N) is 2. The third-order valence-electron chi connectivity index (χ3n) is 8.15. The van der Waals surface area contributed by atoms with Crippen LogP contribution in [0.4, 0.5) is 0 Å². The number of morpholine rings is 1. The van der Waals surface area contributed by atoms with Crippen LogP contribution < -0.4 is 20.4 Å². The molecule has 3 atom stereocenters. The van der Waals surface area contributed by atoms with E-state index in [4.69, 9.17) is 18.6 Å². The van der Waals surface area contributed by atoms with Gasteiger partial charge in [-0.3, -0.25) is 19.3 Å². The van der Waals surface area contributed by atoms with E-state index in [9.17, 15) is 29.4 Å². The molecule has 3 N–H and O–H groups in total. The van der Waals surface area contributed by atoms with Crippen LogP contribution in [0.2, 0.25) is 0 Å². The van der Waals surface area contributed by atoms with Crippen molar-refractivity contribution in [3.05, 3.63) is 79.2 Å². The Balaban J connectivity index is 1.55. The summed E-state index contributed by atoms with van der Waals surface area (Å²) in [5.41, 5.74) is -0.137. The van der Waals surface area contributed by atoms with Gasteiger partial charge in [0.1, 0.15) is 29.6 Å². The van der Waals surface area contributed by atoms with Gasteiger partial charge in [-0.15, -0.1) is 0 Å². The van der Waals surface area contributed by atoms with Crippen molar-refractivity contribution >= 4 is 51.7 Å². The molecular weight excluding hydrogens is 725 g/mol. The van der Waals surface area contributed by atoms with Gasteiger partial charge in [0, 0.05) is 55.7 Å². The molecule has 3 aromatic rings. The van der Waals surface area contributed by atoms with Gasteiger partial charge in [0.25, 0.3) is 5.91 Å². The van der Waals surface area contributed by atoms with Crippen LogP contribution in [0.15, 0.2) is 63.3 Å². The molecule has 1 aliphatic heterocycles. The molecule has 13 nitrogen and oxygen atoms in total. The Kier molecular flexibility index (Phi) is 11.6. The van der Waals surface area contributed by atoms with Gasteiger partial charge in [0.05, 0.1) is 36.5 Å². The third kappa shape index (κ3) is 8.01. The van der Waals surface area contributed by atoms with Crippen LogP contribution in [-0.4, -0.2) is 116 Å². The number of hydrogen-bond donors (Lipinski definition) is 3. The van der Waals surface area contributed by atoms with E-state index in [1.807, 2.05) is 22.6 Å². The monoisotopic (exact) mass is 761 g/mol. The van der Waals surface area contributed by atoms with Crippen LogP contribution in [0, 0.1) is 3.57 Å². The standard InChI is InChI=1S/C33H36IN3O10/c1-44-28-15-20(19-39)14-24(34)30(28)46-27-18-22(31(41)35-6-11-38)17-25(29(27)40)37(8-7-36-9-12-45-13-10-36)32(42)23-16-21-4-2-3-5-26(21)47-33(23)43/h2-5,14-16,18-19,25,27,29,38,40H,6-13,17H2,1H3,(H,35,41). The number of aldehydes is 1. The number of hydrogen-bond acceptors (Lipinski definition) is 11. The number of methoxy groups -OCH3 is 1. The lowest BCUT2D eigenvalue weighted by atomic mass is 9.87. The highest BCUT2D eigenvalue weighted by Crippen LogP contribution is 2.37. The summed E-state index contributed by atoms with van der Waals surface area (Å²) in [5, 5.41) is 24.4. The van der Waals surface area contributed by atoms with Crippen molar-refractivity contribution in [1.82, 2.24) is 15.1 Å². The molecule has 14 heteroatoms. The molecular formula is C33H36IN3O10. The Bertz CT molecular complexity index is 1700. The predicted molar refractivity (Wildman–Crippen MR) is 179 cm³/mol. The van der Waals surface area contributed by atoms with E-state index >= 15 is 0 Å². The second-order valence-electron chi connectivity index (χ2n) is 11.1. The van der Waals surface area contributed by atoms with Crippen LogP contribution in [0.1, 0.15) is 27.1 Å². The van der Waals surface area contributed by atoms with E-state index in [0.29, 0.717) is 59.2 Å². The largest absolute Gasteiger partial charge is 0.493 e. The van der Waals surface area contributed by atoms with Gasteiger partial charge in [-0.2, -0.15) is 0 Å². The SMILES string of the molecule is COc1cc(C=O)cc(I)c1OC1C=C(C(=O)NCCO)CC(N(CCN2CCOCC2)C(=O)c2cc3ccccc3oc2=O)C1O. The first kappa shape index (κ1) is 34.5. The van der Waals surface area contributed by atoms with E-state index in [2.05, 4.69) is 10.2 Å². The van der Waals surface area contributed by atoms with E-state index in [0.717, 1.165) is 0 Å². The lowest BCUT2D eigenvalue weighted by molar-refractivity contribution is -0.118. The maximum Gasteiger partial charge on any atom is 0.349 e. The first-order valence-corrected chi connectivity index (χ1v) is 16.2. The average Bonchev–Trinajstić information content (AvgIpc) is 3.09. The molecule has 1 fully saturated rings. The highest BCUT2D eigenvalue weighted by atomic mass is 127. The minimum Gasteiger partial charge on any atom is -0.493 e. The normalized spacial score (nSPS) is 19.9. The zero-order valence-corrected chi connectivity index (χ0v) is 27.9. The Morgan fingerprint density at radius 2 is 1.96 bits per heavy atom. The summed E-state index contributed by atoms with van der Waals surface area (Å²) in [5.74, 6) is -0.702. The molecule has 250 valence electrons. The molecule has 0 saturated carbocycles. The van der Waals surface area contributed by atoms with Gasteiger partial charge < -0.3 is 39.1 Å². The van der Waals surface area contributed by atoms with E-state index < -0.39 is 35.7 Å². The lowest BCUT2D eigenvalue weighted by Crippen LogP contribution is -2.57. The molecule has 2 aromatic carbocycles. The molecule has 5 rings (SSSR count). The minimum atomic E-state index is -1.36. The zero-order valence-electron chi connectivity index (χ0n) is 25.7. The molecule has 0 spiro atoms. The van der Waals surface area contributed by atoms with Gasteiger partial charge in [-0.1, -0.05) is 18.2 Å². The third-order valence-corrected chi connectivity index (χ3v) is 8.95. The summed E-state index contributed by atoms with van der Waals surface area (Å²) in [7, 11) is 1.41. The Morgan fingerprint density at radius 3 is 2.68 bits per heavy atom. The molecule has 0 radical (unpaired) electrons. The van der Waals surface area contributed by atoms with Crippen molar-refractivity contribution in [2.75, 3.05) is 59.7 Å². The topological polar surface area (TPSA) is 168 Å². The fourth-order valence-electron chi connectivity index (χ4n) is 5.70. The summed E-state index contributed by atoms with van der Waals surface area (Å²) in [4.78, 5) is 55.7. The van der Waals surface area contributed by atoms with Crippen LogP contribution in [0.3, 0.4) is 0 Å². The van der Waals surface area contributed by atoms with Gasteiger partial charge in [-0.05, 0) is 52.9 Å². The Morgan fingerprint density at radius 1 is 1.19 bits per heavy atom. The van der Waals surface area contributed by atoms with E-state index in [1.54, 1.807) is 30.3 Å². The quantitative estimate of drug-likeness (QED) is 0.139. The van der Waals surface area contributed by atoms with Crippen molar-refractivity contribution in [3.8, 4) is 11.5 Å². The molecule has 2 amide bonds. The maximum absolute atomic E-state index is 14.3. The number of aliphatic hydroxyl groups is 2. The number of benzene rings is 2. The summed E-state index contributed by atoms with van der Waals surface area (Å²) in [6, 6.07) is 10.4. The minimum absolute atomic E-state index is 0.00833. The molecule has 0 bridgehead atoms. The zero-order chi connectivity index (χ0) is 33.5. The summed E-state index contributed by atoms with van der Waals surface area (Å²) in [6.45, 7) is 2.58. The number of amides is 2. The van der Waals surface area contributed by atoms with Crippen LogP contribution in [-0.2, 0) is 9.53 Å². The molecule has 2 aliphatic rings. The summed E-state index contributed by atoms with van der Waals surface area (Å²) in [6.07, 6.45) is -0.433. The van der Waals surface area contributed by atoms with Crippen molar-refractivity contribution in [3.63, 3.8) is 0 Å². The Labute approximate surface area is 284 Å². The number of aliphatic hydroxyl groups excluding tert-OH is 2. The molecule has 47 heavy (non-hydrogen) atoms. The van der Waals surface area contributed by atoms with Crippen molar-refractivity contribution in [2.45, 2.75) is 24.7 Å². The van der Waals surface area contributed by atoms with Crippen molar-refractivity contribution in [2.24, 2.45) is 0 Å². The first-order chi connectivity index (χ1) is 22.7. The van der Waals surface area contributed by atoms with E-state index in [1.165, 1.54) is 30.2 Å². The number of nitrogens with one attached hydrogen (secondary N) is 1. The highest BCUT2D eigenvalue weighted by molar-refractivity contribution is 14.1. The first-order valence-electron chi connectivity index (χ1n) is 15.1. The van der Waals surface area contributed by atoms with Crippen LogP contribution in [0.5, 0.6) is 11.5 Å². The van der Waals surface area contributed by atoms with Gasteiger partial charge in [0.15, 0.2) is 11.5 Å². The number of rotatable bonds is 12. The van der Waals surface area contributed by atoms with Crippen molar-refractivity contribution in [1.29, 1.82) is 0 Å². The molecule has 2 heterocycles. The predicted octanol–water partition coefficient (Wildman–Crippen LogP) is 1.61. The van der Waals surface area contributed by atoms with Gasteiger partial charge >= 0.3 is 5.63 Å². The van der Waals surface area contributed by atoms with Crippen LogP contribution in [0.25, 0.3) is 11.0 Å².